The van der Waals surface area contributed by atoms with Crippen LogP contribution in [0.25, 0.3) is 0 Å². The molecule has 0 unspecified atom stereocenters. The molecule has 1 radical (unpaired) electrons. The number of esters is 1. The highest BCUT2D eigenvalue weighted by Crippen LogP contribution is 1.94. The van der Waals surface area contributed by atoms with Crippen LogP contribution in [0.1, 0.15) is 26.7 Å². The molecule has 0 bridgehead atoms. The number of ether oxygens (including phenoxy) is 1. The van der Waals surface area contributed by atoms with Crippen molar-refractivity contribution in [3.63, 3.8) is 0 Å². The van der Waals surface area contributed by atoms with Crippen molar-refractivity contribution in [2.24, 2.45) is 0 Å². The van der Waals surface area contributed by atoms with Gasteiger partial charge in [-0.2, -0.15) is 0 Å². The molecule has 0 aliphatic rings. The van der Waals surface area contributed by atoms with Gasteiger partial charge in [0.2, 0.25) is 0 Å². The van der Waals surface area contributed by atoms with Crippen LogP contribution in [-0.4, -0.2) is 5.97 Å². The summed E-state index contributed by atoms with van der Waals surface area (Å²) in [6.07, 6.45) is 4.88. The van der Waals surface area contributed by atoms with Crippen LogP contribution in [0, 0.1) is 6.61 Å². The van der Waals surface area contributed by atoms with Crippen molar-refractivity contribution in [2.45, 2.75) is 26.7 Å². The monoisotopic (exact) mass is 141 g/mol. The fourth-order valence-corrected chi connectivity index (χ4v) is 0.434. The van der Waals surface area contributed by atoms with Crippen LogP contribution in [0.5, 0.6) is 0 Å². The topological polar surface area (TPSA) is 26.3 Å². The van der Waals surface area contributed by atoms with Gasteiger partial charge in [-0.3, -0.25) is 0 Å². The van der Waals surface area contributed by atoms with E-state index in [9.17, 15) is 4.79 Å². The molecule has 0 aromatic carbocycles. The van der Waals surface area contributed by atoms with Crippen LogP contribution in [0.4, 0.5) is 0 Å². The Morgan fingerprint density at radius 3 is 2.80 bits per heavy atom. The standard InChI is InChI=1S/C8H13O2/c1-3-5-7-10-8(9)6-4-2/h4,6-7H,3,5H2,1-2H3/b6-4+. The van der Waals surface area contributed by atoms with E-state index in [0.717, 1.165) is 12.8 Å². The van der Waals surface area contributed by atoms with Crippen molar-refractivity contribution >= 4 is 5.97 Å². The van der Waals surface area contributed by atoms with Crippen molar-refractivity contribution < 1.29 is 9.53 Å². The average Bonchev–Trinajstić information content (AvgIpc) is 1.89. The van der Waals surface area contributed by atoms with Gasteiger partial charge in [0.25, 0.3) is 0 Å². The molecule has 0 aliphatic heterocycles. The van der Waals surface area contributed by atoms with Crippen LogP contribution >= 0.6 is 0 Å². The van der Waals surface area contributed by atoms with Crippen molar-refractivity contribution in [2.75, 3.05) is 0 Å². The molecule has 0 aliphatic carbocycles. The van der Waals surface area contributed by atoms with Gasteiger partial charge in [-0.15, -0.1) is 0 Å². The quantitative estimate of drug-likeness (QED) is 0.340. The maximum absolute atomic E-state index is 10.6. The fraction of sp³-hybridized carbons (Fsp3) is 0.500. The Morgan fingerprint density at radius 2 is 2.30 bits per heavy atom. The minimum atomic E-state index is -0.295. The second kappa shape index (κ2) is 6.33. The van der Waals surface area contributed by atoms with Gasteiger partial charge in [0.15, 0.2) is 0 Å². The smallest absolute Gasteiger partial charge is 0.330 e. The van der Waals surface area contributed by atoms with Gasteiger partial charge in [-0.25, -0.2) is 4.79 Å². The maximum atomic E-state index is 10.6. The lowest BCUT2D eigenvalue weighted by atomic mass is 10.4. The predicted molar refractivity (Wildman–Crippen MR) is 40.1 cm³/mol. The molecule has 0 aromatic heterocycles. The summed E-state index contributed by atoms with van der Waals surface area (Å²) < 4.78 is 4.67. The van der Waals surface area contributed by atoms with E-state index in [-0.39, 0.29) is 5.97 Å². The third-order valence-electron chi connectivity index (χ3n) is 0.909. The van der Waals surface area contributed by atoms with Crippen molar-refractivity contribution in [3.05, 3.63) is 18.8 Å². The van der Waals surface area contributed by atoms with Crippen molar-refractivity contribution in [1.29, 1.82) is 0 Å². The van der Waals surface area contributed by atoms with E-state index in [1.165, 1.54) is 12.7 Å². The molecule has 0 saturated carbocycles. The molecule has 0 atom stereocenters. The minimum Gasteiger partial charge on any atom is -0.455 e. The summed E-state index contributed by atoms with van der Waals surface area (Å²) in [5.41, 5.74) is 0. The summed E-state index contributed by atoms with van der Waals surface area (Å²) in [4.78, 5) is 10.6. The van der Waals surface area contributed by atoms with Gasteiger partial charge in [-0.05, 0) is 13.3 Å². The first kappa shape index (κ1) is 9.21. The molecule has 0 fully saturated rings. The Morgan fingerprint density at radius 1 is 1.60 bits per heavy atom. The fourth-order valence-electron chi connectivity index (χ4n) is 0.434. The van der Waals surface area contributed by atoms with Gasteiger partial charge < -0.3 is 4.74 Å². The molecular formula is C8H13O2. The Hall–Kier alpha value is -0.790. The summed E-state index contributed by atoms with van der Waals surface area (Å²) >= 11 is 0. The third-order valence-corrected chi connectivity index (χ3v) is 0.909. The molecule has 0 amide bonds. The third kappa shape index (κ3) is 5.35. The Bertz CT molecular complexity index is 116. The molecular weight excluding hydrogens is 128 g/mol. The normalized spacial score (nSPS) is 10.2. The lowest BCUT2D eigenvalue weighted by molar-refractivity contribution is -0.134. The molecule has 0 spiro atoms. The number of allylic oxidation sites excluding steroid dienone is 1. The summed E-state index contributed by atoms with van der Waals surface area (Å²) in [6, 6.07) is 0. The molecule has 10 heavy (non-hydrogen) atoms. The van der Waals surface area contributed by atoms with E-state index < -0.39 is 0 Å². The number of unbranched alkanes of at least 4 members (excludes halogenated alkanes) is 1. The first-order valence-electron chi connectivity index (χ1n) is 3.46. The van der Waals surface area contributed by atoms with E-state index in [1.807, 2.05) is 6.92 Å². The molecule has 0 N–H and O–H groups in total. The first-order valence-corrected chi connectivity index (χ1v) is 3.46. The second-order valence-corrected chi connectivity index (χ2v) is 1.89. The van der Waals surface area contributed by atoms with Gasteiger partial charge in [-0.1, -0.05) is 19.4 Å². The number of hydrogen-bond acceptors (Lipinski definition) is 2. The van der Waals surface area contributed by atoms with Crippen LogP contribution in [0.2, 0.25) is 0 Å². The maximum Gasteiger partial charge on any atom is 0.330 e. The molecule has 2 nitrogen and oxygen atoms in total. The zero-order valence-corrected chi connectivity index (χ0v) is 6.46. The van der Waals surface area contributed by atoms with Gasteiger partial charge >= 0.3 is 5.97 Å². The Kier molecular flexibility index (Phi) is 5.83. The summed E-state index contributed by atoms with van der Waals surface area (Å²) in [7, 11) is 0. The van der Waals surface area contributed by atoms with E-state index >= 15 is 0 Å². The summed E-state index contributed by atoms with van der Waals surface area (Å²) in [5, 5.41) is 0. The van der Waals surface area contributed by atoms with Crippen LogP contribution in [0.15, 0.2) is 12.2 Å². The molecule has 0 heterocycles. The van der Waals surface area contributed by atoms with E-state index in [0.29, 0.717) is 0 Å². The SMILES string of the molecule is C/C=C/C(=O)O[CH]CCC. The number of hydrogen-bond donors (Lipinski definition) is 0. The highest BCUT2D eigenvalue weighted by Gasteiger charge is 1.93. The van der Waals surface area contributed by atoms with Crippen LogP contribution < -0.4 is 0 Å². The first-order chi connectivity index (χ1) is 4.81. The van der Waals surface area contributed by atoms with E-state index in [2.05, 4.69) is 4.74 Å². The zero-order valence-electron chi connectivity index (χ0n) is 6.46. The van der Waals surface area contributed by atoms with Gasteiger partial charge in [0, 0.05) is 6.08 Å². The van der Waals surface area contributed by atoms with E-state index in [1.54, 1.807) is 13.0 Å². The highest BCUT2D eigenvalue weighted by molar-refractivity contribution is 5.82. The molecule has 0 rings (SSSR count). The van der Waals surface area contributed by atoms with Gasteiger partial charge in [0.1, 0.15) is 6.61 Å². The Labute approximate surface area is 61.9 Å². The second-order valence-electron chi connectivity index (χ2n) is 1.89. The Balaban J connectivity index is 3.22. The van der Waals surface area contributed by atoms with E-state index in [4.69, 9.17) is 0 Å². The predicted octanol–water partition coefficient (Wildman–Crippen LogP) is 2.07. The van der Waals surface area contributed by atoms with Crippen molar-refractivity contribution in [3.8, 4) is 0 Å². The zero-order chi connectivity index (χ0) is 7.82. The molecule has 0 aromatic rings. The highest BCUT2D eigenvalue weighted by atomic mass is 16.5. The summed E-state index contributed by atoms with van der Waals surface area (Å²) in [6.45, 7) is 5.34. The minimum absolute atomic E-state index is 0.295. The number of carbonyl (C=O) groups is 1. The number of carbonyl (C=O) groups excluding carboxylic acids is 1. The lowest BCUT2D eigenvalue weighted by Gasteiger charge is -1.96. The molecule has 2 heteroatoms. The lowest BCUT2D eigenvalue weighted by Crippen LogP contribution is -1.96. The van der Waals surface area contributed by atoms with Crippen molar-refractivity contribution in [1.82, 2.24) is 0 Å². The molecule has 0 saturated heterocycles. The van der Waals surface area contributed by atoms with Crippen LogP contribution in [0.3, 0.4) is 0 Å². The largest absolute Gasteiger partial charge is 0.455 e. The van der Waals surface area contributed by atoms with Crippen LogP contribution in [-0.2, 0) is 9.53 Å². The van der Waals surface area contributed by atoms with Gasteiger partial charge in [0.05, 0.1) is 0 Å². The summed E-state index contributed by atoms with van der Waals surface area (Å²) in [5.74, 6) is -0.295. The molecule has 57 valence electrons. The average molecular weight is 141 g/mol. The number of rotatable bonds is 4.